The summed E-state index contributed by atoms with van der Waals surface area (Å²) < 4.78 is 5.73. The minimum absolute atomic E-state index is 0.221. The molecule has 0 aliphatic carbocycles. The fourth-order valence-electron chi connectivity index (χ4n) is 3.72. The molecular formula is C25H33N5O6S. The molecule has 0 fully saturated rings. The molecule has 0 spiro atoms. The number of carbonyl (C=O) groups excluding carboxylic acids is 4. The fourth-order valence-corrected chi connectivity index (χ4v) is 4.53. The van der Waals surface area contributed by atoms with Gasteiger partial charge in [0.05, 0.1) is 29.7 Å². The predicted octanol–water partition coefficient (Wildman–Crippen LogP) is 0.453. The number of fused-ring (bicyclic) bond motifs is 1. The third kappa shape index (κ3) is 8.53. The van der Waals surface area contributed by atoms with Crippen LogP contribution in [0.4, 0.5) is 0 Å². The van der Waals surface area contributed by atoms with Gasteiger partial charge in [0, 0.05) is 30.6 Å². The summed E-state index contributed by atoms with van der Waals surface area (Å²) in [6.07, 6.45) is 0.159. The van der Waals surface area contributed by atoms with Gasteiger partial charge in [0.1, 0.15) is 17.8 Å². The Morgan fingerprint density at radius 1 is 1.27 bits per heavy atom. The lowest BCUT2D eigenvalue weighted by Gasteiger charge is -2.23. The molecule has 4 amide bonds. The van der Waals surface area contributed by atoms with Crippen molar-refractivity contribution in [1.29, 1.82) is 0 Å². The second-order valence-electron chi connectivity index (χ2n) is 8.78. The Hall–Kier alpha value is -3.51. The van der Waals surface area contributed by atoms with Crippen molar-refractivity contribution in [3.8, 4) is 5.75 Å². The standard InChI is InChI=1S/C25H33N5O6S/c1-15-14-37-21(28-15)9-5-10-26-24(34)18-13-20(32)30-22(16(2)31)25(35)27-11-6-12-36-19-8-4-3-7-17(19)23(33)29-18/h3-4,7-8,14,16,18,22,31H,5-6,9-13H2,1-2H3,(H,26,34)(H,27,35)(H,29,33)(H,30,32)/t16-,18+,22+/m1/s1. The van der Waals surface area contributed by atoms with Crippen molar-refractivity contribution in [3.05, 3.63) is 45.9 Å². The molecule has 12 heteroatoms. The number of nitrogens with one attached hydrogen (secondary N) is 4. The van der Waals surface area contributed by atoms with Crippen LogP contribution in [-0.2, 0) is 20.8 Å². The summed E-state index contributed by atoms with van der Waals surface area (Å²) in [5, 5.41) is 23.5. The van der Waals surface area contributed by atoms with E-state index < -0.39 is 48.2 Å². The summed E-state index contributed by atoms with van der Waals surface area (Å²) in [4.78, 5) is 55.8. The van der Waals surface area contributed by atoms with E-state index in [2.05, 4.69) is 26.3 Å². The minimum Gasteiger partial charge on any atom is -0.493 e. The van der Waals surface area contributed by atoms with Gasteiger partial charge >= 0.3 is 0 Å². The third-order valence-corrected chi connectivity index (χ3v) is 6.66. The summed E-state index contributed by atoms with van der Waals surface area (Å²) in [5.41, 5.74) is 1.17. The molecule has 3 atom stereocenters. The zero-order chi connectivity index (χ0) is 26.8. The Kier molecular flexibility index (Phi) is 10.4. The van der Waals surface area contributed by atoms with Crippen molar-refractivity contribution < 1.29 is 29.0 Å². The molecule has 0 saturated carbocycles. The lowest BCUT2D eigenvalue weighted by Crippen LogP contribution is -2.55. The summed E-state index contributed by atoms with van der Waals surface area (Å²) in [5.74, 6) is -2.01. The maximum Gasteiger partial charge on any atom is 0.255 e. The lowest BCUT2D eigenvalue weighted by molar-refractivity contribution is -0.133. The summed E-state index contributed by atoms with van der Waals surface area (Å²) in [6, 6.07) is 4.17. The highest BCUT2D eigenvalue weighted by molar-refractivity contribution is 7.09. The van der Waals surface area contributed by atoms with Crippen LogP contribution in [0.3, 0.4) is 0 Å². The highest BCUT2D eigenvalue weighted by atomic mass is 32.1. The molecule has 1 aliphatic heterocycles. The number of aliphatic hydroxyl groups is 1. The van der Waals surface area contributed by atoms with Gasteiger partial charge in [-0.1, -0.05) is 12.1 Å². The van der Waals surface area contributed by atoms with Gasteiger partial charge in [-0.25, -0.2) is 4.98 Å². The Balaban J connectivity index is 1.74. The lowest BCUT2D eigenvalue weighted by atomic mass is 10.1. The molecule has 3 rings (SSSR count). The number of aliphatic hydroxyl groups excluding tert-OH is 1. The normalized spacial score (nSPS) is 20.1. The number of thiazole rings is 1. The molecule has 0 radical (unpaired) electrons. The number of ether oxygens (including phenoxy) is 1. The first-order valence-corrected chi connectivity index (χ1v) is 13.1. The average molecular weight is 532 g/mol. The summed E-state index contributed by atoms with van der Waals surface area (Å²) >= 11 is 1.55. The second-order valence-corrected chi connectivity index (χ2v) is 9.73. The molecule has 2 aromatic rings. The molecule has 2 heterocycles. The number of amides is 4. The van der Waals surface area contributed by atoms with Crippen LogP contribution in [-0.4, -0.2) is 71.6 Å². The molecule has 1 aromatic carbocycles. The van der Waals surface area contributed by atoms with Gasteiger partial charge in [-0.05, 0) is 38.8 Å². The van der Waals surface area contributed by atoms with Crippen molar-refractivity contribution in [2.45, 2.75) is 57.7 Å². The van der Waals surface area contributed by atoms with Gasteiger partial charge in [-0.2, -0.15) is 0 Å². The number of para-hydroxylation sites is 1. The van der Waals surface area contributed by atoms with Crippen LogP contribution in [0.2, 0.25) is 0 Å². The highest BCUT2D eigenvalue weighted by Crippen LogP contribution is 2.18. The summed E-state index contributed by atoms with van der Waals surface area (Å²) in [6.45, 7) is 4.09. The molecule has 37 heavy (non-hydrogen) atoms. The topological polar surface area (TPSA) is 159 Å². The third-order valence-electron chi connectivity index (χ3n) is 5.64. The number of aromatic nitrogens is 1. The second kappa shape index (κ2) is 13.7. The van der Waals surface area contributed by atoms with Crippen LogP contribution in [0.1, 0.15) is 47.2 Å². The number of hydrogen-bond donors (Lipinski definition) is 5. The first-order chi connectivity index (χ1) is 17.7. The maximum atomic E-state index is 13.1. The van der Waals surface area contributed by atoms with E-state index in [-0.39, 0.29) is 18.7 Å². The molecule has 1 aromatic heterocycles. The maximum absolute atomic E-state index is 13.1. The molecule has 200 valence electrons. The Morgan fingerprint density at radius 3 is 2.78 bits per heavy atom. The zero-order valence-corrected chi connectivity index (χ0v) is 21.7. The van der Waals surface area contributed by atoms with E-state index in [0.29, 0.717) is 31.6 Å². The minimum atomic E-state index is -1.22. The van der Waals surface area contributed by atoms with E-state index >= 15 is 0 Å². The van der Waals surface area contributed by atoms with E-state index in [1.807, 2.05) is 12.3 Å². The first-order valence-electron chi connectivity index (χ1n) is 12.2. The van der Waals surface area contributed by atoms with Gasteiger partial charge in [0.15, 0.2) is 0 Å². The largest absolute Gasteiger partial charge is 0.493 e. The molecule has 1 aliphatic rings. The van der Waals surface area contributed by atoms with Crippen LogP contribution < -0.4 is 26.0 Å². The van der Waals surface area contributed by atoms with Gasteiger partial charge in [0.2, 0.25) is 17.7 Å². The number of carbonyl (C=O) groups is 4. The Bertz CT molecular complexity index is 1100. The van der Waals surface area contributed by atoms with E-state index in [4.69, 9.17) is 4.74 Å². The summed E-state index contributed by atoms with van der Waals surface area (Å²) in [7, 11) is 0. The molecule has 5 N–H and O–H groups in total. The van der Waals surface area contributed by atoms with Gasteiger partial charge in [-0.3, -0.25) is 19.2 Å². The van der Waals surface area contributed by atoms with Crippen molar-refractivity contribution >= 4 is 35.0 Å². The number of rotatable bonds is 6. The number of aryl methyl sites for hydroxylation is 2. The van der Waals surface area contributed by atoms with Crippen molar-refractivity contribution in [1.82, 2.24) is 26.3 Å². The van der Waals surface area contributed by atoms with E-state index in [9.17, 15) is 24.3 Å². The first kappa shape index (κ1) is 28.1. The van der Waals surface area contributed by atoms with Crippen molar-refractivity contribution in [2.24, 2.45) is 0 Å². The molecule has 0 saturated heterocycles. The van der Waals surface area contributed by atoms with E-state index in [0.717, 1.165) is 10.7 Å². The van der Waals surface area contributed by atoms with E-state index in [1.54, 1.807) is 35.6 Å². The Morgan fingerprint density at radius 2 is 2.05 bits per heavy atom. The monoisotopic (exact) mass is 531 g/mol. The van der Waals surface area contributed by atoms with Gasteiger partial charge in [0.25, 0.3) is 5.91 Å². The fraction of sp³-hybridized carbons (Fsp3) is 0.480. The van der Waals surface area contributed by atoms with Crippen molar-refractivity contribution in [2.75, 3.05) is 19.7 Å². The van der Waals surface area contributed by atoms with Crippen LogP contribution in [0, 0.1) is 6.92 Å². The van der Waals surface area contributed by atoms with Crippen LogP contribution in [0.15, 0.2) is 29.6 Å². The molecule has 0 bridgehead atoms. The number of nitrogens with zero attached hydrogens (tertiary/aromatic N) is 1. The smallest absolute Gasteiger partial charge is 0.255 e. The van der Waals surface area contributed by atoms with Gasteiger partial charge in [-0.15, -0.1) is 11.3 Å². The SMILES string of the molecule is Cc1csc(CCCNC(=O)[C@@H]2CC(=O)N[C@@H]([C@@H](C)O)C(=O)NCCCOc3ccccc3C(=O)N2)n1. The van der Waals surface area contributed by atoms with Crippen molar-refractivity contribution in [3.63, 3.8) is 0 Å². The Labute approximate surface area is 219 Å². The quantitative estimate of drug-likeness (QED) is 0.339. The number of benzene rings is 1. The van der Waals surface area contributed by atoms with Gasteiger partial charge < -0.3 is 31.1 Å². The highest BCUT2D eigenvalue weighted by Gasteiger charge is 2.30. The average Bonchev–Trinajstić information content (AvgIpc) is 3.28. The molecular weight excluding hydrogens is 498 g/mol. The van der Waals surface area contributed by atoms with Crippen LogP contribution >= 0.6 is 11.3 Å². The predicted molar refractivity (Wildman–Crippen MR) is 137 cm³/mol. The number of hydrogen-bond acceptors (Lipinski definition) is 8. The zero-order valence-electron chi connectivity index (χ0n) is 20.9. The molecule has 0 unspecified atom stereocenters. The van der Waals surface area contributed by atoms with Crippen LogP contribution in [0.25, 0.3) is 0 Å². The van der Waals surface area contributed by atoms with E-state index in [1.165, 1.54) is 6.92 Å². The molecule has 11 nitrogen and oxygen atoms in total. The van der Waals surface area contributed by atoms with Crippen LogP contribution in [0.5, 0.6) is 5.75 Å².